The first kappa shape index (κ1) is 13.5. The molecule has 0 radical (unpaired) electrons. The van der Waals surface area contributed by atoms with Crippen molar-refractivity contribution >= 4 is 0 Å². The minimum absolute atomic E-state index is 0.346. The Balaban J connectivity index is 3.15. The summed E-state index contributed by atoms with van der Waals surface area (Å²) in [5.41, 5.74) is 0.390. The van der Waals surface area contributed by atoms with Crippen LogP contribution in [0.4, 0.5) is 0 Å². The van der Waals surface area contributed by atoms with Gasteiger partial charge in [0.2, 0.25) is 0 Å². The summed E-state index contributed by atoms with van der Waals surface area (Å²) in [4.78, 5) is 0. The summed E-state index contributed by atoms with van der Waals surface area (Å²) in [5, 5.41) is 19.5. The molecule has 0 spiro atoms. The van der Waals surface area contributed by atoms with Crippen LogP contribution in [0, 0.1) is 16.7 Å². The normalized spacial score (nSPS) is 14.8. The standard InChI is InChI=1S/C14H19NO2/c1-14(2,3)13(16)11(9-15)10-7-5-6-8-12(10)17-4/h5-8,11,13,16H,1-4H3. The molecule has 17 heavy (non-hydrogen) atoms. The highest BCUT2D eigenvalue weighted by Gasteiger charge is 2.33. The molecule has 92 valence electrons. The topological polar surface area (TPSA) is 53.2 Å². The van der Waals surface area contributed by atoms with Crippen molar-refractivity contribution < 1.29 is 9.84 Å². The summed E-state index contributed by atoms with van der Waals surface area (Å²) in [6.07, 6.45) is -0.733. The molecule has 0 aromatic heterocycles. The van der Waals surface area contributed by atoms with Gasteiger partial charge >= 0.3 is 0 Å². The van der Waals surface area contributed by atoms with Gasteiger partial charge in [-0.3, -0.25) is 0 Å². The van der Waals surface area contributed by atoms with E-state index >= 15 is 0 Å². The zero-order valence-electron chi connectivity index (χ0n) is 10.8. The Morgan fingerprint density at radius 2 is 1.88 bits per heavy atom. The van der Waals surface area contributed by atoms with Crippen LogP contribution in [0.3, 0.4) is 0 Å². The van der Waals surface area contributed by atoms with E-state index in [0.717, 1.165) is 5.56 Å². The third-order valence-electron chi connectivity index (χ3n) is 2.82. The second-order valence-corrected chi connectivity index (χ2v) is 5.16. The molecule has 0 saturated carbocycles. The summed E-state index contributed by atoms with van der Waals surface area (Å²) in [5.74, 6) is 0.0634. The third kappa shape index (κ3) is 2.98. The Bertz CT molecular complexity index is 415. The van der Waals surface area contributed by atoms with Crippen LogP contribution in [0.2, 0.25) is 0 Å². The smallest absolute Gasteiger partial charge is 0.123 e. The molecular formula is C14H19NO2. The molecule has 0 aliphatic rings. The van der Waals surface area contributed by atoms with Gasteiger partial charge in [0.25, 0.3) is 0 Å². The minimum Gasteiger partial charge on any atom is -0.496 e. The van der Waals surface area contributed by atoms with Gasteiger partial charge < -0.3 is 9.84 Å². The van der Waals surface area contributed by atoms with Crippen LogP contribution in [0.5, 0.6) is 5.75 Å². The van der Waals surface area contributed by atoms with Gasteiger partial charge in [0.15, 0.2) is 0 Å². The molecule has 3 heteroatoms. The van der Waals surface area contributed by atoms with Gasteiger partial charge in [-0.25, -0.2) is 0 Å². The SMILES string of the molecule is COc1ccccc1C(C#N)C(O)C(C)(C)C. The molecule has 2 atom stereocenters. The lowest BCUT2D eigenvalue weighted by molar-refractivity contribution is 0.0521. The molecule has 1 aromatic carbocycles. The zero-order chi connectivity index (χ0) is 13.1. The predicted octanol–water partition coefficient (Wildman–Crippen LogP) is 2.71. The van der Waals surface area contributed by atoms with Crippen LogP contribution in [0.25, 0.3) is 0 Å². The number of aliphatic hydroxyl groups excluding tert-OH is 1. The van der Waals surface area contributed by atoms with Crippen molar-refractivity contribution in [3.8, 4) is 11.8 Å². The van der Waals surface area contributed by atoms with E-state index in [0.29, 0.717) is 5.75 Å². The highest BCUT2D eigenvalue weighted by molar-refractivity contribution is 5.40. The van der Waals surface area contributed by atoms with Crippen LogP contribution < -0.4 is 4.74 Å². The molecule has 0 aliphatic carbocycles. The summed E-state index contributed by atoms with van der Waals surface area (Å²) in [6.45, 7) is 5.74. The Labute approximate surface area is 103 Å². The van der Waals surface area contributed by atoms with Gasteiger partial charge in [-0.05, 0) is 11.5 Å². The lowest BCUT2D eigenvalue weighted by Crippen LogP contribution is -2.32. The average Bonchev–Trinajstić information content (AvgIpc) is 2.29. The molecule has 0 fully saturated rings. The molecule has 1 aromatic rings. The Morgan fingerprint density at radius 1 is 1.29 bits per heavy atom. The van der Waals surface area contributed by atoms with Crippen molar-refractivity contribution in [2.75, 3.05) is 7.11 Å². The van der Waals surface area contributed by atoms with Crippen molar-refractivity contribution in [1.82, 2.24) is 0 Å². The van der Waals surface area contributed by atoms with Crippen molar-refractivity contribution in [3.63, 3.8) is 0 Å². The number of aliphatic hydroxyl groups is 1. The van der Waals surface area contributed by atoms with Gasteiger partial charge in [-0.2, -0.15) is 5.26 Å². The number of nitrogens with zero attached hydrogens (tertiary/aromatic N) is 1. The van der Waals surface area contributed by atoms with Gasteiger partial charge in [-0.1, -0.05) is 39.0 Å². The summed E-state index contributed by atoms with van der Waals surface area (Å²) in [7, 11) is 1.57. The summed E-state index contributed by atoms with van der Waals surface area (Å²) >= 11 is 0. The average molecular weight is 233 g/mol. The van der Waals surface area contributed by atoms with E-state index < -0.39 is 12.0 Å². The number of methoxy groups -OCH3 is 1. The van der Waals surface area contributed by atoms with E-state index in [9.17, 15) is 10.4 Å². The van der Waals surface area contributed by atoms with Crippen LogP contribution in [-0.4, -0.2) is 18.3 Å². The summed E-state index contributed by atoms with van der Waals surface area (Å²) < 4.78 is 5.23. The molecule has 0 saturated heterocycles. The fraction of sp³-hybridized carbons (Fsp3) is 0.500. The molecule has 3 nitrogen and oxygen atoms in total. The van der Waals surface area contributed by atoms with Crippen LogP contribution >= 0.6 is 0 Å². The quantitative estimate of drug-likeness (QED) is 0.873. The van der Waals surface area contributed by atoms with Crippen molar-refractivity contribution in [3.05, 3.63) is 29.8 Å². The first-order valence-corrected chi connectivity index (χ1v) is 5.62. The Morgan fingerprint density at radius 3 is 2.35 bits per heavy atom. The van der Waals surface area contributed by atoms with E-state index in [1.54, 1.807) is 13.2 Å². The maximum Gasteiger partial charge on any atom is 0.123 e. The molecular weight excluding hydrogens is 214 g/mol. The van der Waals surface area contributed by atoms with Gasteiger partial charge in [0, 0.05) is 5.56 Å². The number of rotatable bonds is 3. The van der Waals surface area contributed by atoms with Gasteiger partial charge in [-0.15, -0.1) is 0 Å². The molecule has 2 unspecified atom stereocenters. The molecule has 0 amide bonds. The third-order valence-corrected chi connectivity index (χ3v) is 2.82. The lowest BCUT2D eigenvalue weighted by atomic mass is 9.79. The fourth-order valence-corrected chi connectivity index (χ4v) is 1.73. The van der Waals surface area contributed by atoms with E-state index in [1.807, 2.05) is 39.0 Å². The maximum atomic E-state index is 10.2. The number of hydrogen-bond donors (Lipinski definition) is 1. The maximum absolute atomic E-state index is 10.2. The van der Waals surface area contributed by atoms with Crippen LogP contribution in [-0.2, 0) is 0 Å². The monoisotopic (exact) mass is 233 g/mol. The molecule has 0 heterocycles. The molecule has 1 rings (SSSR count). The zero-order valence-corrected chi connectivity index (χ0v) is 10.8. The van der Waals surface area contributed by atoms with E-state index in [1.165, 1.54) is 0 Å². The minimum atomic E-state index is -0.733. The molecule has 0 aliphatic heterocycles. The van der Waals surface area contributed by atoms with Crippen molar-refractivity contribution in [2.24, 2.45) is 5.41 Å². The molecule has 0 bridgehead atoms. The second kappa shape index (κ2) is 5.20. The van der Waals surface area contributed by atoms with Gasteiger partial charge in [0.1, 0.15) is 11.7 Å². The highest BCUT2D eigenvalue weighted by atomic mass is 16.5. The first-order valence-electron chi connectivity index (χ1n) is 5.62. The highest BCUT2D eigenvalue weighted by Crippen LogP contribution is 2.35. The molecule has 1 N–H and O–H groups in total. The van der Waals surface area contributed by atoms with Gasteiger partial charge in [0.05, 0.1) is 19.3 Å². The number of hydrogen-bond acceptors (Lipinski definition) is 3. The second-order valence-electron chi connectivity index (χ2n) is 5.16. The lowest BCUT2D eigenvalue weighted by Gasteiger charge is -2.30. The first-order chi connectivity index (χ1) is 7.91. The van der Waals surface area contributed by atoms with E-state index in [2.05, 4.69) is 6.07 Å². The number of benzene rings is 1. The van der Waals surface area contributed by atoms with Crippen molar-refractivity contribution in [1.29, 1.82) is 5.26 Å². The largest absolute Gasteiger partial charge is 0.496 e. The van der Waals surface area contributed by atoms with Crippen molar-refractivity contribution in [2.45, 2.75) is 32.8 Å². The number of nitriles is 1. The van der Waals surface area contributed by atoms with Crippen LogP contribution in [0.15, 0.2) is 24.3 Å². The van der Waals surface area contributed by atoms with E-state index in [4.69, 9.17) is 4.74 Å². The van der Waals surface area contributed by atoms with Crippen LogP contribution in [0.1, 0.15) is 32.3 Å². The predicted molar refractivity (Wildman–Crippen MR) is 66.8 cm³/mol. The van der Waals surface area contributed by atoms with E-state index in [-0.39, 0.29) is 5.41 Å². The Kier molecular flexibility index (Phi) is 4.14. The number of para-hydroxylation sites is 1. The number of ether oxygens (including phenoxy) is 1. The fourth-order valence-electron chi connectivity index (χ4n) is 1.73. The summed E-state index contributed by atoms with van der Waals surface area (Å²) in [6, 6.07) is 9.48. The Hall–Kier alpha value is -1.53.